The Morgan fingerprint density at radius 1 is 1.03 bits per heavy atom. The highest BCUT2D eigenvalue weighted by Gasteiger charge is 2.29. The summed E-state index contributed by atoms with van der Waals surface area (Å²) in [7, 11) is 1.59. The van der Waals surface area contributed by atoms with Crippen LogP contribution in [0.25, 0.3) is 0 Å². The van der Waals surface area contributed by atoms with Gasteiger partial charge in [-0.15, -0.1) is 0 Å². The summed E-state index contributed by atoms with van der Waals surface area (Å²) >= 11 is 0. The number of hydrogen-bond acceptors (Lipinski definition) is 4. The number of para-hydroxylation sites is 1. The van der Waals surface area contributed by atoms with Crippen LogP contribution in [-0.4, -0.2) is 42.8 Å². The molecule has 7 heteroatoms. The monoisotopic (exact) mass is 423 g/mol. The van der Waals surface area contributed by atoms with E-state index < -0.39 is 6.04 Å². The van der Waals surface area contributed by atoms with Crippen LogP contribution in [0.4, 0.5) is 5.69 Å². The topological polar surface area (TPSA) is 87.7 Å². The second-order valence-electron chi connectivity index (χ2n) is 7.74. The van der Waals surface area contributed by atoms with E-state index in [1.807, 2.05) is 54.6 Å². The van der Waals surface area contributed by atoms with Crippen LogP contribution in [0.15, 0.2) is 54.6 Å². The van der Waals surface area contributed by atoms with Crippen LogP contribution in [0, 0.1) is 5.92 Å². The van der Waals surface area contributed by atoms with Gasteiger partial charge in [-0.3, -0.25) is 14.4 Å². The van der Waals surface area contributed by atoms with Crippen molar-refractivity contribution < 1.29 is 19.1 Å². The maximum atomic E-state index is 12.9. The van der Waals surface area contributed by atoms with Gasteiger partial charge in [-0.1, -0.05) is 30.3 Å². The Morgan fingerprint density at radius 3 is 2.26 bits per heavy atom. The van der Waals surface area contributed by atoms with Crippen molar-refractivity contribution in [1.29, 1.82) is 0 Å². The van der Waals surface area contributed by atoms with Crippen molar-refractivity contribution in [3.8, 4) is 5.75 Å². The molecule has 2 N–H and O–H groups in total. The molecule has 1 atom stereocenters. The largest absolute Gasteiger partial charge is 0.497 e. The van der Waals surface area contributed by atoms with Crippen LogP contribution >= 0.6 is 0 Å². The summed E-state index contributed by atoms with van der Waals surface area (Å²) in [5, 5.41) is 5.81. The molecule has 1 fully saturated rings. The number of carbonyl (C=O) groups is 3. The van der Waals surface area contributed by atoms with Crippen LogP contribution in [0.3, 0.4) is 0 Å². The summed E-state index contributed by atoms with van der Waals surface area (Å²) in [6.45, 7) is 2.50. The Hall–Kier alpha value is -3.35. The molecular formula is C24H29N3O4. The molecule has 3 amide bonds. The molecule has 3 rings (SSSR count). The highest BCUT2D eigenvalue weighted by Crippen LogP contribution is 2.24. The molecule has 2 aromatic carbocycles. The van der Waals surface area contributed by atoms with E-state index in [1.165, 1.54) is 6.92 Å². The summed E-state index contributed by atoms with van der Waals surface area (Å²) in [6.07, 6.45) is 1.42. The Balaban J connectivity index is 1.55. The Kier molecular flexibility index (Phi) is 7.65. The van der Waals surface area contributed by atoms with Gasteiger partial charge in [0.15, 0.2) is 0 Å². The maximum Gasteiger partial charge on any atom is 0.227 e. The number of likely N-dealkylation sites (tertiary alicyclic amines) is 1. The average molecular weight is 424 g/mol. The third-order valence-electron chi connectivity index (χ3n) is 5.53. The van der Waals surface area contributed by atoms with E-state index in [1.54, 1.807) is 12.0 Å². The lowest BCUT2D eigenvalue weighted by atomic mass is 9.95. The Bertz CT molecular complexity index is 891. The van der Waals surface area contributed by atoms with E-state index in [0.29, 0.717) is 31.7 Å². The number of anilines is 1. The van der Waals surface area contributed by atoms with Gasteiger partial charge in [0.1, 0.15) is 5.75 Å². The van der Waals surface area contributed by atoms with E-state index in [-0.39, 0.29) is 30.1 Å². The molecule has 0 spiro atoms. The summed E-state index contributed by atoms with van der Waals surface area (Å²) in [5.74, 6) is 0.374. The number of ether oxygens (including phenoxy) is 1. The van der Waals surface area contributed by atoms with Crippen molar-refractivity contribution in [2.45, 2.75) is 32.2 Å². The first-order valence-corrected chi connectivity index (χ1v) is 10.5. The molecule has 164 valence electrons. The number of rotatable bonds is 7. The zero-order valence-electron chi connectivity index (χ0n) is 18.0. The maximum absolute atomic E-state index is 12.9. The first-order valence-electron chi connectivity index (χ1n) is 10.5. The highest BCUT2D eigenvalue weighted by molar-refractivity contribution is 5.92. The minimum absolute atomic E-state index is 0.00680. The third kappa shape index (κ3) is 6.31. The fraction of sp³-hybridized carbons (Fsp3) is 0.375. The quantitative estimate of drug-likeness (QED) is 0.716. The average Bonchev–Trinajstić information content (AvgIpc) is 2.79. The van der Waals surface area contributed by atoms with Crippen molar-refractivity contribution in [1.82, 2.24) is 10.2 Å². The van der Waals surface area contributed by atoms with E-state index in [0.717, 1.165) is 11.3 Å². The molecule has 1 saturated heterocycles. The molecule has 0 bridgehead atoms. The lowest BCUT2D eigenvalue weighted by Crippen LogP contribution is -2.43. The number of hydrogen-bond donors (Lipinski definition) is 2. The van der Waals surface area contributed by atoms with Gasteiger partial charge in [0.05, 0.1) is 19.6 Å². The fourth-order valence-electron chi connectivity index (χ4n) is 3.79. The molecule has 7 nitrogen and oxygen atoms in total. The molecule has 1 aliphatic rings. The van der Waals surface area contributed by atoms with E-state index in [2.05, 4.69) is 10.6 Å². The normalized spacial score (nSPS) is 15.1. The predicted molar refractivity (Wildman–Crippen MR) is 119 cm³/mol. The Morgan fingerprint density at radius 2 is 1.68 bits per heavy atom. The molecular weight excluding hydrogens is 394 g/mol. The summed E-state index contributed by atoms with van der Waals surface area (Å²) in [5.41, 5.74) is 1.63. The summed E-state index contributed by atoms with van der Waals surface area (Å²) in [6, 6.07) is 16.3. The number of nitrogens with one attached hydrogen (secondary N) is 2. The predicted octanol–water partition coefficient (Wildman–Crippen LogP) is 3.14. The number of nitrogens with zero attached hydrogens (tertiary/aromatic N) is 1. The standard InChI is InChI=1S/C24H29N3O4/c1-17(28)25-22(18-8-10-21(31-2)11-9-18)16-23(29)27-14-12-19(13-15-27)24(30)26-20-6-4-3-5-7-20/h3-11,19,22H,12-16H2,1-2H3,(H,25,28)(H,26,30)/t22-/m0/s1. The molecule has 0 aliphatic carbocycles. The van der Waals surface area contributed by atoms with Gasteiger partial charge in [0.2, 0.25) is 17.7 Å². The van der Waals surface area contributed by atoms with Gasteiger partial charge < -0.3 is 20.3 Å². The van der Waals surface area contributed by atoms with Crippen LogP contribution in [0.2, 0.25) is 0 Å². The van der Waals surface area contributed by atoms with Crippen molar-refractivity contribution in [3.63, 3.8) is 0 Å². The van der Waals surface area contributed by atoms with Gasteiger partial charge in [-0.2, -0.15) is 0 Å². The van der Waals surface area contributed by atoms with Crippen LogP contribution in [0.5, 0.6) is 5.75 Å². The number of benzene rings is 2. The molecule has 0 saturated carbocycles. The first-order chi connectivity index (χ1) is 15.0. The molecule has 0 radical (unpaired) electrons. The third-order valence-corrected chi connectivity index (χ3v) is 5.53. The van der Waals surface area contributed by atoms with Crippen LogP contribution < -0.4 is 15.4 Å². The number of methoxy groups -OCH3 is 1. The molecule has 2 aromatic rings. The molecule has 0 unspecified atom stereocenters. The number of carbonyl (C=O) groups excluding carboxylic acids is 3. The van der Waals surface area contributed by atoms with Gasteiger partial charge >= 0.3 is 0 Å². The fourth-order valence-corrected chi connectivity index (χ4v) is 3.79. The van der Waals surface area contributed by atoms with Gasteiger partial charge in [-0.05, 0) is 42.7 Å². The smallest absolute Gasteiger partial charge is 0.227 e. The van der Waals surface area contributed by atoms with Crippen molar-refractivity contribution in [2.75, 3.05) is 25.5 Å². The van der Waals surface area contributed by atoms with E-state index in [4.69, 9.17) is 4.74 Å². The minimum atomic E-state index is -0.407. The number of piperidine rings is 1. The molecule has 0 aromatic heterocycles. The second kappa shape index (κ2) is 10.6. The van der Waals surface area contributed by atoms with Gasteiger partial charge in [0.25, 0.3) is 0 Å². The van der Waals surface area contributed by atoms with E-state index in [9.17, 15) is 14.4 Å². The Labute approximate surface area is 182 Å². The zero-order valence-corrected chi connectivity index (χ0v) is 18.0. The van der Waals surface area contributed by atoms with Crippen molar-refractivity contribution in [2.24, 2.45) is 5.92 Å². The highest BCUT2D eigenvalue weighted by atomic mass is 16.5. The van der Waals surface area contributed by atoms with Gasteiger partial charge in [-0.25, -0.2) is 0 Å². The van der Waals surface area contributed by atoms with Gasteiger partial charge in [0, 0.05) is 31.6 Å². The lowest BCUT2D eigenvalue weighted by Gasteiger charge is -2.32. The number of amides is 3. The van der Waals surface area contributed by atoms with E-state index >= 15 is 0 Å². The van der Waals surface area contributed by atoms with Crippen LogP contribution in [-0.2, 0) is 14.4 Å². The summed E-state index contributed by atoms with van der Waals surface area (Å²) in [4.78, 5) is 38.9. The lowest BCUT2D eigenvalue weighted by molar-refractivity contribution is -0.135. The molecule has 1 heterocycles. The first kappa shape index (κ1) is 22.3. The van der Waals surface area contributed by atoms with Crippen molar-refractivity contribution in [3.05, 3.63) is 60.2 Å². The molecule has 31 heavy (non-hydrogen) atoms. The molecule has 1 aliphatic heterocycles. The second-order valence-corrected chi connectivity index (χ2v) is 7.74. The summed E-state index contributed by atoms with van der Waals surface area (Å²) < 4.78 is 5.18. The SMILES string of the molecule is COc1ccc([C@H](CC(=O)N2CCC(C(=O)Nc3ccccc3)CC2)NC(C)=O)cc1. The van der Waals surface area contributed by atoms with Crippen LogP contribution in [0.1, 0.15) is 37.8 Å². The minimum Gasteiger partial charge on any atom is -0.497 e. The van der Waals surface area contributed by atoms with Crippen molar-refractivity contribution >= 4 is 23.4 Å². The zero-order chi connectivity index (χ0) is 22.2.